The number of para-hydroxylation sites is 1. The van der Waals surface area contributed by atoms with Crippen LogP contribution < -0.4 is 5.32 Å². The van der Waals surface area contributed by atoms with Gasteiger partial charge in [-0.05, 0) is 30.7 Å². The van der Waals surface area contributed by atoms with Gasteiger partial charge in [0.25, 0.3) is 0 Å². The molecule has 3 rings (SSSR count). The number of aliphatic hydroxyl groups is 1. The van der Waals surface area contributed by atoms with Crippen molar-refractivity contribution >= 4 is 10.9 Å². The van der Waals surface area contributed by atoms with Crippen LogP contribution in [-0.4, -0.2) is 23.2 Å². The van der Waals surface area contributed by atoms with Gasteiger partial charge < -0.3 is 19.8 Å². The lowest BCUT2D eigenvalue weighted by atomic mass is 10.1. The van der Waals surface area contributed by atoms with Gasteiger partial charge in [-0.15, -0.1) is 0 Å². The minimum absolute atomic E-state index is 0.517. The van der Waals surface area contributed by atoms with E-state index in [1.807, 2.05) is 6.07 Å². The van der Waals surface area contributed by atoms with Crippen molar-refractivity contribution in [3.63, 3.8) is 0 Å². The van der Waals surface area contributed by atoms with Crippen LogP contribution >= 0.6 is 0 Å². The molecule has 0 aliphatic heterocycles. The summed E-state index contributed by atoms with van der Waals surface area (Å²) in [7, 11) is 0. The molecule has 4 nitrogen and oxygen atoms in total. The van der Waals surface area contributed by atoms with Crippen molar-refractivity contribution < 1.29 is 9.52 Å². The highest BCUT2D eigenvalue weighted by atomic mass is 16.3. The smallest absolute Gasteiger partial charge is 0.0961 e. The van der Waals surface area contributed by atoms with E-state index in [-0.39, 0.29) is 0 Å². The van der Waals surface area contributed by atoms with Crippen molar-refractivity contribution in [2.24, 2.45) is 0 Å². The summed E-state index contributed by atoms with van der Waals surface area (Å²) in [6, 6.07) is 10.1. The van der Waals surface area contributed by atoms with Gasteiger partial charge in [0.2, 0.25) is 0 Å². The van der Waals surface area contributed by atoms with Crippen molar-refractivity contribution in [3.8, 4) is 0 Å². The fraction of sp³-hybridized carbons (Fsp3) is 0.250. The number of aromatic nitrogens is 1. The molecule has 4 heteroatoms. The third kappa shape index (κ3) is 2.76. The summed E-state index contributed by atoms with van der Waals surface area (Å²) < 4.78 is 4.96. The number of rotatable bonds is 6. The molecule has 0 radical (unpaired) electrons. The van der Waals surface area contributed by atoms with Gasteiger partial charge in [0.15, 0.2) is 0 Å². The number of aromatic amines is 1. The fourth-order valence-corrected chi connectivity index (χ4v) is 2.38. The largest absolute Gasteiger partial charge is 0.472 e. The zero-order chi connectivity index (χ0) is 13.8. The Hall–Kier alpha value is -2.04. The second-order valence-electron chi connectivity index (χ2n) is 4.89. The molecular weight excluding hydrogens is 252 g/mol. The molecule has 0 bridgehead atoms. The Labute approximate surface area is 117 Å². The summed E-state index contributed by atoms with van der Waals surface area (Å²) in [4.78, 5) is 3.27. The molecule has 2 heterocycles. The SMILES string of the molecule is OC(CNCCc1c[nH]c2ccccc12)c1ccoc1. The first kappa shape index (κ1) is 13.0. The van der Waals surface area contributed by atoms with Crippen LogP contribution in [0.3, 0.4) is 0 Å². The van der Waals surface area contributed by atoms with Crippen LogP contribution in [0, 0.1) is 0 Å². The summed E-state index contributed by atoms with van der Waals surface area (Å²) in [6.45, 7) is 1.36. The van der Waals surface area contributed by atoms with E-state index in [1.165, 1.54) is 16.5 Å². The first-order chi connectivity index (χ1) is 9.84. The van der Waals surface area contributed by atoms with E-state index in [2.05, 4.69) is 34.7 Å². The lowest BCUT2D eigenvalue weighted by Gasteiger charge is -2.09. The topological polar surface area (TPSA) is 61.2 Å². The summed E-state index contributed by atoms with van der Waals surface area (Å²) in [5, 5.41) is 14.4. The van der Waals surface area contributed by atoms with Crippen molar-refractivity contribution in [2.75, 3.05) is 13.1 Å². The van der Waals surface area contributed by atoms with Crippen LogP contribution in [0.1, 0.15) is 17.2 Å². The Balaban J connectivity index is 1.50. The summed E-state index contributed by atoms with van der Waals surface area (Å²) >= 11 is 0. The summed E-state index contributed by atoms with van der Waals surface area (Å²) in [5.41, 5.74) is 3.27. The van der Waals surface area contributed by atoms with E-state index in [9.17, 15) is 5.11 Å². The Bertz CT molecular complexity index is 658. The molecule has 0 aliphatic rings. The Morgan fingerprint density at radius 3 is 3.00 bits per heavy atom. The quantitative estimate of drug-likeness (QED) is 0.603. The second kappa shape index (κ2) is 5.94. The van der Waals surface area contributed by atoms with E-state index in [0.717, 1.165) is 18.5 Å². The highest BCUT2D eigenvalue weighted by molar-refractivity contribution is 5.83. The predicted molar refractivity (Wildman–Crippen MR) is 78.5 cm³/mol. The second-order valence-corrected chi connectivity index (χ2v) is 4.89. The number of benzene rings is 1. The molecule has 0 saturated heterocycles. The molecule has 0 aliphatic carbocycles. The van der Waals surface area contributed by atoms with Crippen molar-refractivity contribution in [3.05, 3.63) is 60.2 Å². The molecule has 0 fully saturated rings. The predicted octanol–water partition coefficient (Wildman–Crippen LogP) is 2.63. The minimum Gasteiger partial charge on any atom is -0.472 e. The molecule has 104 valence electrons. The Morgan fingerprint density at radius 2 is 2.15 bits per heavy atom. The molecule has 20 heavy (non-hydrogen) atoms. The van der Waals surface area contributed by atoms with Crippen LogP contribution in [0.15, 0.2) is 53.5 Å². The molecule has 1 aromatic carbocycles. The maximum Gasteiger partial charge on any atom is 0.0961 e. The van der Waals surface area contributed by atoms with E-state index < -0.39 is 6.10 Å². The van der Waals surface area contributed by atoms with E-state index in [1.54, 1.807) is 18.6 Å². The standard InChI is InChI=1S/C16H18N2O2/c19-16(13-6-8-20-11-13)10-17-7-5-12-9-18-15-4-2-1-3-14(12)15/h1-4,6,8-9,11,16-19H,5,7,10H2. The van der Waals surface area contributed by atoms with Gasteiger partial charge in [-0.1, -0.05) is 18.2 Å². The zero-order valence-corrected chi connectivity index (χ0v) is 11.2. The Morgan fingerprint density at radius 1 is 1.25 bits per heavy atom. The fourth-order valence-electron chi connectivity index (χ4n) is 2.38. The first-order valence-electron chi connectivity index (χ1n) is 6.80. The lowest BCUT2D eigenvalue weighted by Crippen LogP contribution is -2.23. The van der Waals surface area contributed by atoms with Gasteiger partial charge in [0.05, 0.1) is 18.6 Å². The van der Waals surface area contributed by atoms with Gasteiger partial charge in [-0.2, -0.15) is 0 Å². The first-order valence-corrected chi connectivity index (χ1v) is 6.80. The molecule has 0 amide bonds. The van der Waals surface area contributed by atoms with Gasteiger partial charge in [-0.25, -0.2) is 0 Å². The molecule has 2 aromatic heterocycles. The highest BCUT2D eigenvalue weighted by Crippen LogP contribution is 2.17. The monoisotopic (exact) mass is 270 g/mol. The molecule has 3 aromatic rings. The van der Waals surface area contributed by atoms with Crippen LogP contribution in [0.5, 0.6) is 0 Å². The third-order valence-electron chi connectivity index (χ3n) is 3.51. The van der Waals surface area contributed by atoms with Crippen LogP contribution in [0.2, 0.25) is 0 Å². The molecule has 0 saturated carbocycles. The normalized spacial score (nSPS) is 12.8. The van der Waals surface area contributed by atoms with E-state index in [0.29, 0.717) is 6.54 Å². The van der Waals surface area contributed by atoms with E-state index >= 15 is 0 Å². The summed E-state index contributed by atoms with van der Waals surface area (Å²) in [6.07, 6.45) is 5.62. The van der Waals surface area contributed by atoms with Crippen molar-refractivity contribution in [2.45, 2.75) is 12.5 Å². The molecule has 1 atom stereocenters. The van der Waals surface area contributed by atoms with Gasteiger partial charge in [0, 0.05) is 29.2 Å². The van der Waals surface area contributed by atoms with Gasteiger partial charge in [0.1, 0.15) is 0 Å². The average molecular weight is 270 g/mol. The summed E-state index contributed by atoms with van der Waals surface area (Å²) in [5.74, 6) is 0. The lowest BCUT2D eigenvalue weighted by molar-refractivity contribution is 0.174. The van der Waals surface area contributed by atoms with E-state index in [4.69, 9.17) is 4.42 Å². The average Bonchev–Trinajstić information content (AvgIpc) is 3.13. The number of hydrogen-bond donors (Lipinski definition) is 3. The molecule has 0 spiro atoms. The number of furan rings is 1. The molecule has 3 N–H and O–H groups in total. The van der Waals surface area contributed by atoms with Crippen LogP contribution in [-0.2, 0) is 6.42 Å². The van der Waals surface area contributed by atoms with Crippen LogP contribution in [0.4, 0.5) is 0 Å². The number of nitrogens with one attached hydrogen (secondary N) is 2. The third-order valence-corrected chi connectivity index (χ3v) is 3.51. The minimum atomic E-state index is -0.517. The number of hydrogen-bond acceptors (Lipinski definition) is 3. The van der Waals surface area contributed by atoms with Gasteiger partial charge in [-0.3, -0.25) is 0 Å². The van der Waals surface area contributed by atoms with Crippen molar-refractivity contribution in [1.82, 2.24) is 10.3 Å². The zero-order valence-electron chi connectivity index (χ0n) is 11.2. The Kier molecular flexibility index (Phi) is 3.85. The van der Waals surface area contributed by atoms with Crippen molar-refractivity contribution in [1.29, 1.82) is 0 Å². The highest BCUT2D eigenvalue weighted by Gasteiger charge is 2.08. The molecule has 1 unspecified atom stereocenters. The van der Waals surface area contributed by atoms with Crippen LogP contribution in [0.25, 0.3) is 10.9 Å². The number of fused-ring (bicyclic) bond motifs is 1. The maximum atomic E-state index is 9.91. The number of aliphatic hydroxyl groups excluding tert-OH is 1. The number of H-pyrrole nitrogens is 1. The maximum absolute atomic E-state index is 9.91. The molecular formula is C16H18N2O2. The van der Waals surface area contributed by atoms with Gasteiger partial charge >= 0.3 is 0 Å².